The summed E-state index contributed by atoms with van der Waals surface area (Å²) in [4.78, 5) is 11.7. The second-order valence-corrected chi connectivity index (χ2v) is 5.76. The molecule has 1 saturated heterocycles. The first kappa shape index (κ1) is 15.7. The van der Waals surface area contributed by atoms with Gasteiger partial charge in [0.25, 0.3) is 0 Å². The molecule has 0 amide bonds. The summed E-state index contributed by atoms with van der Waals surface area (Å²) in [6, 6.07) is 0.492. The van der Waals surface area contributed by atoms with Gasteiger partial charge in [-0.2, -0.15) is 0 Å². The number of unbranched alkanes of at least 4 members (excludes halogenated alkanes) is 7. The Bertz CT molecular complexity index is 209. The van der Waals surface area contributed by atoms with Gasteiger partial charge in [-0.1, -0.05) is 51.9 Å². The summed E-state index contributed by atoms with van der Waals surface area (Å²) in [5.74, 6) is 0.473. The zero-order chi connectivity index (χ0) is 13.1. The Hall–Kier alpha value is -0.370. The summed E-state index contributed by atoms with van der Waals surface area (Å²) in [5, 5.41) is 3.40. The number of nitrogens with one attached hydrogen (secondary N) is 1. The molecule has 2 nitrogen and oxygen atoms in total. The summed E-state index contributed by atoms with van der Waals surface area (Å²) in [5.41, 5.74) is 0. The van der Waals surface area contributed by atoms with Crippen LogP contribution in [0.25, 0.3) is 0 Å². The lowest BCUT2D eigenvalue weighted by atomic mass is 10.0. The molecule has 1 unspecified atom stereocenters. The molecule has 0 aromatic heterocycles. The molecule has 0 aromatic carbocycles. The quantitative estimate of drug-likeness (QED) is 0.558. The fourth-order valence-corrected chi connectivity index (χ4v) is 2.76. The summed E-state index contributed by atoms with van der Waals surface area (Å²) in [6.07, 6.45) is 14.5. The smallest absolute Gasteiger partial charge is 0.134 e. The predicted octanol–water partition coefficient (Wildman–Crippen LogP) is 4.23. The van der Waals surface area contributed by atoms with Crippen molar-refractivity contribution in [2.75, 3.05) is 6.54 Å². The first-order valence-corrected chi connectivity index (χ1v) is 8.08. The molecule has 0 bridgehead atoms. The fourth-order valence-electron chi connectivity index (χ4n) is 2.76. The number of hydrogen-bond acceptors (Lipinski definition) is 2. The highest BCUT2D eigenvalue weighted by Gasteiger charge is 2.16. The average Bonchev–Trinajstić information content (AvgIpc) is 2.85. The van der Waals surface area contributed by atoms with Crippen molar-refractivity contribution in [1.29, 1.82) is 0 Å². The van der Waals surface area contributed by atoms with E-state index in [0.717, 1.165) is 25.8 Å². The Morgan fingerprint density at radius 2 is 1.72 bits per heavy atom. The van der Waals surface area contributed by atoms with Crippen LogP contribution < -0.4 is 5.32 Å². The molecule has 0 aliphatic carbocycles. The van der Waals surface area contributed by atoms with Crippen molar-refractivity contribution in [3.63, 3.8) is 0 Å². The van der Waals surface area contributed by atoms with E-state index >= 15 is 0 Å². The first-order chi connectivity index (χ1) is 8.83. The van der Waals surface area contributed by atoms with Crippen molar-refractivity contribution in [3.8, 4) is 0 Å². The van der Waals surface area contributed by atoms with Crippen molar-refractivity contribution >= 4 is 5.78 Å². The summed E-state index contributed by atoms with van der Waals surface area (Å²) >= 11 is 0. The Labute approximate surface area is 113 Å². The number of carbonyl (C=O) groups excluding carboxylic acids is 1. The zero-order valence-corrected chi connectivity index (χ0v) is 12.2. The van der Waals surface area contributed by atoms with E-state index in [9.17, 15) is 4.79 Å². The molecule has 1 fully saturated rings. The lowest BCUT2D eigenvalue weighted by Gasteiger charge is -2.08. The molecule has 0 aromatic rings. The third-order valence-electron chi connectivity index (χ3n) is 3.95. The minimum atomic E-state index is 0.473. The third-order valence-corrected chi connectivity index (χ3v) is 3.95. The van der Waals surface area contributed by atoms with Gasteiger partial charge in [-0.3, -0.25) is 4.79 Å². The lowest BCUT2D eigenvalue weighted by Crippen LogP contribution is -2.24. The van der Waals surface area contributed by atoms with Gasteiger partial charge >= 0.3 is 0 Å². The van der Waals surface area contributed by atoms with Gasteiger partial charge < -0.3 is 5.32 Å². The average molecular weight is 253 g/mol. The van der Waals surface area contributed by atoms with E-state index in [0.29, 0.717) is 11.8 Å². The normalized spacial score (nSPS) is 19.3. The van der Waals surface area contributed by atoms with Gasteiger partial charge in [0.15, 0.2) is 0 Å². The summed E-state index contributed by atoms with van der Waals surface area (Å²) in [7, 11) is 0. The number of ketones is 1. The molecule has 1 aliphatic rings. The highest BCUT2D eigenvalue weighted by molar-refractivity contribution is 5.78. The number of rotatable bonds is 11. The summed E-state index contributed by atoms with van der Waals surface area (Å²) < 4.78 is 0. The van der Waals surface area contributed by atoms with Crippen LogP contribution in [0.2, 0.25) is 0 Å². The third kappa shape index (κ3) is 7.86. The summed E-state index contributed by atoms with van der Waals surface area (Å²) in [6.45, 7) is 3.36. The maximum Gasteiger partial charge on any atom is 0.134 e. The van der Waals surface area contributed by atoms with Crippen LogP contribution in [0.5, 0.6) is 0 Å². The maximum atomic E-state index is 11.7. The van der Waals surface area contributed by atoms with Gasteiger partial charge in [-0.15, -0.1) is 0 Å². The van der Waals surface area contributed by atoms with E-state index in [-0.39, 0.29) is 0 Å². The Kier molecular flexibility index (Phi) is 9.19. The van der Waals surface area contributed by atoms with Crippen molar-refractivity contribution in [3.05, 3.63) is 0 Å². The lowest BCUT2D eigenvalue weighted by molar-refractivity contribution is -0.119. The van der Waals surface area contributed by atoms with E-state index in [1.54, 1.807) is 0 Å². The molecular weight excluding hydrogens is 222 g/mol. The van der Waals surface area contributed by atoms with Crippen molar-refractivity contribution in [2.24, 2.45) is 0 Å². The largest absolute Gasteiger partial charge is 0.314 e. The van der Waals surface area contributed by atoms with Crippen LogP contribution >= 0.6 is 0 Å². The van der Waals surface area contributed by atoms with Crippen LogP contribution in [-0.2, 0) is 4.79 Å². The van der Waals surface area contributed by atoms with Gasteiger partial charge in [0.1, 0.15) is 5.78 Å². The Morgan fingerprint density at radius 1 is 1.06 bits per heavy atom. The topological polar surface area (TPSA) is 29.1 Å². The van der Waals surface area contributed by atoms with Gasteiger partial charge in [0.05, 0.1) is 0 Å². The van der Waals surface area contributed by atoms with Crippen molar-refractivity contribution < 1.29 is 4.79 Å². The minimum absolute atomic E-state index is 0.473. The van der Waals surface area contributed by atoms with Crippen molar-refractivity contribution in [1.82, 2.24) is 5.32 Å². The molecule has 1 atom stereocenters. The minimum Gasteiger partial charge on any atom is -0.314 e. The molecule has 2 heteroatoms. The van der Waals surface area contributed by atoms with Crippen LogP contribution in [0.15, 0.2) is 0 Å². The second kappa shape index (κ2) is 10.5. The van der Waals surface area contributed by atoms with E-state index in [1.807, 2.05) is 0 Å². The van der Waals surface area contributed by atoms with E-state index in [2.05, 4.69) is 12.2 Å². The molecule has 0 spiro atoms. The van der Waals surface area contributed by atoms with Gasteiger partial charge in [0.2, 0.25) is 0 Å². The molecule has 0 saturated carbocycles. The van der Waals surface area contributed by atoms with E-state index in [1.165, 1.54) is 57.8 Å². The molecule has 1 heterocycles. The van der Waals surface area contributed by atoms with Crippen LogP contribution in [0.3, 0.4) is 0 Å². The molecule has 106 valence electrons. The zero-order valence-electron chi connectivity index (χ0n) is 12.2. The van der Waals surface area contributed by atoms with Gasteiger partial charge in [-0.25, -0.2) is 0 Å². The van der Waals surface area contributed by atoms with Gasteiger partial charge in [-0.05, 0) is 25.8 Å². The van der Waals surface area contributed by atoms with Crippen LogP contribution in [0.1, 0.15) is 84.0 Å². The van der Waals surface area contributed by atoms with E-state index in [4.69, 9.17) is 0 Å². The predicted molar refractivity (Wildman–Crippen MR) is 77.9 cm³/mol. The van der Waals surface area contributed by atoms with Crippen molar-refractivity contribution in [2.45, 2.75) is 90.0 Å². The first-order valence-electron chi connectivity index (χ1n) is 8.08. The van der Waals surface area contributed by atoms with E-state index < -0.39 is 0 Å². The van der Waals surface area contributed by atoms with Crippen LogP contribution in [-0.4, -0.2) is 18.4 Å². The number of hydrogen-bond donors (Lipinski definition) is 1. The monoisotopic (exact) mass is 253 g/mol. The number of Topliss-reactive ketones (excluding diaryl/α,β-unsaturated/α-hetero) is 1. The Balaban J connectivity index is 1.83. The fraction of sp³-hybridized carbons (Fsp3) is 0.938. The SMILES string of the molecule is CCCCCCCCCCC(=O)CC1CCCN1. The molecule has 1 aliphatic heterocycles. The molecular formula is C16H31NO. The maximum absolute atomic E-state index is 11.7. The second-order valence-electron chi connectivity index (χ2n) is 5.76. The molecule has 1 N–H and O–H groups in total. The molecule has 1 rings (SSSR count). The molecule has 0 radical (unpaired) electrons. The standard InChI is InChI=1S/C16H31NO/c1-2-3-4-5-6-7-8-9-12-16(18)14-15-11-10-13-17-15/h15,17H,2-14H2,1H3. The van der Waals surface area contributed by atoms with Crippen LogP contribution in [0, 0.1) is 0 Å². The highest BCUT2D eigenvalue weighted by Crippen LogP contribution is 2.13. The number of carbonyl (C=O) groups is 1. The van der Waals surface area contributed by atoms with Crippen LogP contribution in [0.4, 0.5) is 0 Å². The highest BCUT2D eigenvalue weighted by atomic mass is 16.1. The molecule has 18 heavy (non-hydrogen) atoms. The Morgan fingerprint density at radius 3 is 2.33 bits per heavy atom. The van der Waals surface area contributed by atoms with Gasteiger partial charge in [0, 0.05) is 18.9 Å².